The summed E-state index contributed by atoms with van der Waals surface area (Å²) in [4.78, 5) is 29.3. The van der Waals surface area contributed by atoms with E-state index in [4.69, 9.17) is 9.26 Å². The van der Waals surface area contributed by atoms with Crippen molar-refractivity contribution in [3.63, 3.8) is 0 Å². The van der Waals surface area contributed by atoms with Crippen LogP contribution in [0.1, 0.15) is 41.9 Å². The zero-order valence-electron chi connectivity index (χ0n) is 21.9. The van der Waals surface area contributed by atoms with Gasteiger partial charge in [0, 0.05) is 37.2 Å². The molecule has 1 saturated heterocycles. The zero-order valence-corrected chi connectivity index (χ0v) is 21.9. The molecule has 10 heteroatoms. The van der Waals surface area contributed by atoms with Gasteiger partial charge in [0.25, 0.3) is 0 Å². The largest absolute Gasteiger partial charge is 0.379 e. The summed E-state index contributed by atoms with van der Waals surface area (Å²) in [5.74, 6) is 2.96. The summed E-state index contributed by atoms with van der Waals surface area (Å²) in [7, 11) is 0. The maximum atomic E-state index is 13.2. The Kier molecular flexibility index (Phi) is 7.73. The average molecular weight is 528 g/mol. The van der Waals surface area contributed by atoms with Gasteiger partial charge in [-0.2, -0.15) is 4.98 Å². The monoisotopic (exact) mass is 527 g/mol. The highest BCUT2D eigenvalue weighted by Gasteiger charge is 2.28. The molecule has 1 saturated carbocycles. The number of hydrogen-bond donors (Lipinski definition) is 2. The second kappa shape index (κ2) is 11.9. The van der Waals surface area contributed by atoms with E-state index in [2.05, 4.69) is 41.7 Å². The van der Waals surface area contributed by atoms with Crippen molar-refractivity contribution in [3.8, 4) is 11.3 Å². The number of aromatic nitrogens is 3. The Morgan fingerprint density at radius 3 is 2.74 bits per heavy atom. The SMILES string of the molecule is O=C(CCCN1CCOCC1)c1cc(NC2=NCC(C3CC3)=C2)nc(NCc2cc(-c3ccccc3)no2)n1. The van der Waals surface area contributed by atoms with Gasteiger partial charge in [-0.15, -0.1) is 0 Å². The molecule has 3 aromatic rings. The minimum absolute atomic E-state index is 0.00893. The molecule has 6 rings (SSSR count). The van der Waals surface area contributed by atoms with Crippen molar-refractivity contribution in [2.45, 2.75) is 32.2 Å². The highest BCUT2D eigenvalue weighted by molar-refractivity contribution is 6.06. The number of Topliss-reactive ketones (excluding diaryl/α,β-unsaturated/α-hetero) is 1. The summed E-state index contributed by atoms with van der Waals surface area (Å²) in [5, 5.41) is 10.7. The molecule has 3 aliphatic rings. The Hall–Kier alpha value is -3.89. The first-order chi connectivity index (χ1) is 19.2. The number of morpholine rings is 1. The fourth-order valence-electron chi connectivity index (χ4n) is 4.81. The van der Waals surface area contributed by atoms with Gasteiger partial charge in [0.05, 0.1) is 26.3 Å². The molecule has 2 aromatic heterocycles. The number of amidine groups is 1. The number of aliphatic imine (C=N–C) groups is 1. The lowest BCUT2D eigenvalue weighted by Crippen LogP contribution is -2.36. The van der Waals surface area contributed by atoms with Crippen molar-refractivity contribution < 1.29 is 14.1 Å². The van der Waals surface area contributed by atoms with E-state index >= 15 is 0 Å². The first-order valence-electron chi connectivity index (χ1n) is 13.7. The number of ketones is 1. The predicted octanol–water partition coefficient (Wildman–Crippen LogP) is 4.20. The maximum Gasteiger partial charge on any atom is 0.225 e. The summed E-state index contributed by atoms with van der Waals surface area (Å²) >= 11 is 0. The molecular weight excluding hydrogens is 494 g/mol. The van der Waals surface area contributed by atoms with E-state index in [1.807, 2.05) is 36.4 Å². The number of nitrogens with zero attached hydrogens (tertiary/aromatic N) is 5. The lowest BCUT2D eigenvalue weighted by molar-refractivity contribution is 0.0371. The molecule has 0 radical (unpaired) electrons. The average Bonchev–Trinajstić information content (AvgIpc) is 3.53. The van der Waals surface area contributed by atoms with E-state index < -0.39 is 0 Å². The highest BCUT2D eigenvalue weighted by Crippen LogP contribution is 2.37. The Bertz CT molecular complexity index is 1360. The van der Waals surface area contributed by atoms with Crippen molar-refractivity contribution in [3.05, 3.63) is 65.6 Å². The first-order valence-corrected chi connectivity index (χ1v) is 13.7. The fraction of sp³-hybridized carbons (Fsp3) is 0.414. The van der Waals surface area contributed by atoms with E-state index in [1.54, 1.807) is 6.07 Å². The van der Waals surface area contributed by atoms with Gasteiger partial charge in [-0.25, -0.2) is 4.98 Å². The van der Waals surface area contributed by atoms with Crippen LogP contribution in [0.4, 0.5) is 11.8 Å². The molecule has 1 aromatic carbocycles. The Balaban J connectivity index is 1.14. The summed E-state index contributed by atoms with van der Waals surface area (Å²) in [6.07, 6.45) is 5.79. The lowest BCUT2D eigenvalue weighted by atomic mass is 10.1. The minimum Gasteiger partial charge on any atom is -0.379 e. The van der Waals surface area contributed by atoms with E-state index in [0.29, 0.717) is 42.1 Å². The van der Waals surface area contributed by atoms with Gasteiger partial charge >= 0.3 is 0 Å². The lowest BCUT2D eigenvalue weighted by Gasteiger charge is -2.26. The molecule has 1 aliphatic carbocycles. The standard InChI is InChI=1S/C29H33N7O3/c37-26(7-4-10-36-11-13-38-14-12-36)25-17-28(33-27-15-22(18-30-27)20-8-9-20)34-29(32-25)31-19-23-16-24(35-39-23)21-5-2-1-3-6-21/h1-3,5-6,15-17,20H,4,7-14,18-19H2,(H2,30,31,32,33,34). The van der Waals surface area contributed by atoms with Gasteiger partial charge in [0.1, 0.15) is 23.0 Å². The number of carbonyl (C=O) groups is 1. The number of anilines is 2. The molecule has 0 atom stereocenters. The van der Waals surface area contributed by atoms with Gasteiger partial charge in [-0.1, -0.05) is 35.5 Å². The molecule has 202 valence electrons. The van der Waals surface area contributed by atoms with Gasteiger partial charge in [0.2, 0.25) is 5.95 Å². The molecule has 39 heavy (non-hydrogen) atoms. The van der Waals surface area contributed by atoms with Gasteiger partial charge in [-0.05, 0) is 43.4 Å². The van der Waals surface area contributed by atoms with Crippen LogP contribution in [0.3, 0.4) is 0 Å². The molecule has 0 bridgehead atoms. The van der Waals surface area contributed by atoms with Crippen molar-refractivity contribution in [2.75, 3.05) is 50.0 Å². The van der Waals surface area contributed by atoms with Gasteiger partial charge in [0.15, 0.2) is 11.5 Å². The highest BCUT2D eigenvalue weighted by atomic mass is 16.5. The third kappa shape index (κ3) is 6.76. The molecule has 0 amide bonds. The first kappa shape index (κ1) is 25.4. The molecule has 0 unspecified atom stereocenters. The van der Waals surface area contributed by atoms with E-state index in [9.17, 15) is 4.79 Å². The van der Waals surface area contributed by atoms with Crippen LogP contribution in [0.5, 0.6) is 0 Å². The summed E-state index contributed by atoms with van der Waals surface area (Å²) < 4.78 is 10.9. The maximum absolute atomic E-state index is 13.2. The molecule has 2 N–H and O–H groups in total. The number of nitrogens with one attached hydrogen (secondary N) is 2. The van der Waals surface area contributed by atoms with Crippen LogP contribution < -0.4 is 10.6 Å². The number of hydrogen-bond acceptors (Lipinski definition) is 10. The summed E-state index contributed by atoms with van der Waals surface area (Å²) in [6, 6.07) is 13.5. The van der Waals surface area contributed by atoms with Crippen molar-refractivity contribution in [2.24, 2.45) is 10.9 Å². The van der Waals surface area contributed by atoms with Crippen LogP contribution in [0.2, 0.25) is 0 Å². The van der Waals surface area contributed by atoms with Crippen LogP contribution in [0.15, 0.2) is 63.6 Å². The predicted molar refractivity (Wildman–Crippen MR) is 149 cm³/mol. The third-order valence-corrected chi connectivity index (χ3v) is 7.15. The molecule has 2 aliphatic heterocycles. The molecule has 2 fully saturated rings. The molecular formula is C29H33N7O3. The Morgan fingerprint density at radius 2 is 1.92 bits per heavy atom. The second-order valence-corrected chi connectivity index (χ2v) is 10.2. The second-order valence-electron chi connectivity index (χ2n) is 10.2. The number of benzene rings is 1. The smallest absolute Gasteiger partial charge is 0.225 e. The van der Waals surface area contributed by atoms with Gasteiger partial charge in [-0.3, -0.25) is 14.7 Å². The van der Waals surface area contributed by atoms with Crippen LogP contribution in [0.25, 0.3) is 11.3 Å². The quantitative estimate of drug-likeness (QED) is 0.354. The van der Waals surface area contributed by atoms with Crippen LogP contribution >= 0.6 is 0 Å². The third-order valence-electron chi connectivity index (χ3n) is 7.15. The molecule has 0 spiro atoms. The topological polar surface area (TPSA) is 118 Å². The number of carbonyl (C=O) groups excluding carboxylic acids is 1. The number of rotatable bonds is 11. The van der Waals surface area contributed by atoms with Crippen molar-refractivity contribution >= 4 is 23.4 Å². The van der Waals surface area contributed by atoms with Crippen LogP contribution in [-0.2, 0) is 11.3 Å². The Morgan fingerprint density at radius 1 is 1.08 bits per heavy atom. The fourth-order valence-corrected chi connectivity index (χ4v) is 4.81. The zero-order chi connectivity index (χ0) is 26.4. The molecule has 10 nitrogen and oxygen atoms in total. The van der Waals surface area contributed by atoms with E-state index in [1.165, 1.54) is 18.4 Å². The summed E-state index contributed by atoms with van der Waals surface area (Å²) in [6.45, 7) is 5.26. The van der Waals surface area contributed by atoms with E-state index in [-0.39, 0.29) is 5.78 Å². The molecule has 4 heterocycles. The van der Waals surface area contributed by atoms with E-state index in [0.717, 1.165) is 62.9 Å². The minimum atomic E-state index is -0.00893. The summed E-state index contributed by atoms with van der Waals surface area (Å²) in [5.41, 5.74) is 3.49. The normalized spacial score (nSPS) is 17.5. The van der Waals surface area contributed by atoms with Crippen LogP contribution in [0, 0.1) is 5.92 Å². The number of ether oxygens (including phenoxy) is 1. The van der Waals surface area contributed by atoms with Crippen molar-refractivity contribution in [1.82, 2.24) is 20.0 Å². The van der Waals surface area contributed by atoms with Crippen molar-refractivity contribution in [1.29, 1.82) is 0 Å². The van der Waals surface area contributed by atoms with Crippen LogP contribution in [-0.4, -0.2) is 71.0 Å². The van der Waals surface area contributed by atoms with Gasteiger partial charge < -0.3 is 19.9 Å². The Labute approximate surface area is 227 Å².